The first kappa shape index (κ1) is 19.6. The molecule has 27 heavy (non-hydrogen) atoms. The fourth-order valence-electron chi connectivity index (χ4n) is 2.15. The van der Waals surface area contributed by atoms with E-state index in [1.54, 1.807) is 24.3 Å². The van der Waals surface area contributed by atoms with Crippen LogP contribution in [-0.4, -0.2) is 36.8 Å². The Morgan fingerprint density at radius 1 is 0.963 bits per heavy atom. The van der Waals surface area contributed by atoms with Gasteiger partial charge in [0.1, 0.15) is 5.75 Å². The molecule has 0 saturated carbocycles. The number of ether oxygens (including phenoxy) is 2. The average molecular weight is 370 g/mol. The lowest BCUT2D eigenvalue weighted by molar-refractivity contribution is -0.144. The van der Waals surface area contributed by atoms with Gasteiger partial charge in [-0.3, -0.25) is 14.4 Å². The highest BCUT2D eigenvalue weighted by Gasteiger charge is 2.13. The number of hydrogen-bond acceptors (Lipinski definition) is 6. The standard InChI is InChI=1S/C19H18N2O6/c1-12(22)21-14-8-6-13(7-9-14)16(23)10-27-18(24)11-26-17-5-3-2-4-15(17)19(20)25/h2-9H,10-11H2,1H3,(H2,20,25)(H,21,22). The van der Waals surface area contributed by atoms with Gasteiger partial charge in [-0.25, -0.2) is 4.79 Å². The molecule has 0 spiro atoms. The van der Waals surface area contributed by atoms with Gasteiger partial charge in [0.15, 0.2) is 19.0 Å². The van der Waals surface area contributed by atoms with E-state index in [0.29, 0.717) is 11.3 Å². The topological polar surface area (TPSA) is 125 Å². The minimum Gasteiger partial charge on any atom is -0.481 e. The number of rotatable bonds is 8. The Labute approximate surface area is 155 Å². The van der Waals surface area contributed by atoms with Gasteiger partial charge in [0, 0.05) is 18.2 Å². The minimum atomic E-state index is -0.766. The summed E-state index contributed by atoms with van der Waals surface area (Å²) in [6.07, 6.45) is 0. The highest BCUT2D eigenvalue weighted by atomic mass is 16.6. The van der Waals surface area contributed by atoms with Gasteiger partial charge in [0.2, 0.25) is 5.91 Å². The van der Waals surface area contributed by atoms with Gasteiger partial charge in [0.25, 0.3) is 5.91 Å². The minimum absolute atomic E-state index is 0.139. The van der Waals surface area contributed by atoms with Crippen molar-refractivity contribution < 1.29 is 28.7 Å². The molecule has 0 aliphatic heterocycles. The maximum Gasteiger partial charge on any atom is 0.344 e. The normalized spacial score (nSPS) is 9.96. The van der Waals surface area contributed by atoms with Crippen LogP contribution in [0.5, 0.6) is 5.75 Å². The highest BCUT2D eigenvalue weighted by Crippen LogP contribution is 2.17. The highest BCUT2D eigenvalue weighted by molar-refractivity contribution is 5.99. The predicted molar refractivity (Wildman–Crippen MR) is 96.5 cm³/mol. The molecular formula is C19H18N2O6. The number of benzene rings is 2. The van der Waals surface area contributed by atoms with Crippen molar-refractivity contribution >= 4 is 29.3 Å². The van der Waals surface area contributed by atoms with Gasteiger partial charge in [-0.05, 0) is 36.4 Å². The lowest BCUT2D eigenvalue weighted by Crippen LogP contribution is -2.21. The van der Waals surface area contributed by atoms with Crippen molar-refractivity contribution in [2.75, 3.05) is 18.5 Å². The molecule has 2 aromatic carbocycles. The van der Waals surface area contributed by atoms with E-state index in [1.165, 1.54) is 31.2 Å². The zero-order valence-electron chi connectivity index (χ0n) is 14.6. The number of hydrogen-bond donors (Lipinski definition) is 2. The number of nitrogens with one attached hydrogen (secondary N) is 1. The smallest absolute Gasteiger partial charge is 0.344 e. The van der Waals surface area contributed by atoms with E-state index in [1.807, 2.05) is 0 Å². The summed E-state index contributed by atoms with van der Waals surface area (Å²) in [5.41, 5.74) is 6.24. The monoisotopic (exact) mass is 370 g/mol. The van der Waals surface area contributed by atoms with E-state index in [4.69, 9.17) is 15.2 Å². The molecule has 8 heteroatoms. The van der Waals surface area contributed by atoms with Crippen LogP contribution in [0.1, 0.15) is 27.6 Å². The van der Waals surface area contributed by atoms with Crippen molar-refractivity contribution in [2.45, 2.75) is 6.92 Å². The summed E-state index contributed by atoms with van der Waals surface area (Å²) in [4.78, 5) is 46.0. The number of ketones is 1. The second kappa shape index (κ2) is 9.14. The number of amides is 2. The Hall–Kier alpha value is -3.68. The first-order chi connectivity index (χ1) is 12.9. The van der Waals surface area contributed by atoms with Crippen molar-refractivity contribution in [1.82, 2.24) is 0 Å². The zero-order valence-corrected chi connectivity index (χ0v) is 14.6. The third-order valence-electron chi connectivity index (χ3n) is 3.39. The summed E-state index contributed by atoms with van der Waals surface area (Å²) in [5, 5.41) is 2.58. The van der Waals surface area contributed by atoms with Crippen molar-refractivity contribution in [1.29, 1.82) is 0 Å². The molecule has 8 nitrogen and oxygen atoms in total. The van der Waals surface area contributed by atoms with E-state index in [2.05, 4.69) is 5.32 Å². The summed E-state index contributed by atoms with van der Waals surface area (Å²) >= 11 is 0. The van der Waals surface area contributed by atoms with Gasteiger partial charge >= 0.3 is 5.97 Å². The van der Waals surface area contributed by atoms with Crippen molar-refractivity contribution in [3.63, 3.8) is 0 Å². The second-order valence-corrected chi connectivity index (χ2v) is 5.49. The predicted octanol–water partition coefficient (Wildman–Crippen LogP) is 1.55. The van der Waals surface area contributed by atoms with Crippen LogP contribution in [0.2, 0.25) is 0 Å². The Kier molecular flexibility index (Phi) is 6.65. The molecule has 0 heterocycles. The molecular weight excluding hydrogens is 352 g/mol. The van der Waals surface area contributed by atoms with Crippen LogP contribution in [0, 0.1) is 0 Å². The summed E-state index contributed by atoms with van der Waals surface area (Å²) in [6, 6.07) is 12.4. The molecule has 0 aliphatic carbocycles. The number of primary amides is 1. The number of anilines is 1. The molecule has 0 radical (unpaired) electrons. The Balaban J connectivity index is 1.84. The van der Waals surface area contributed by atoms with Crippen LogP contribution in [0.15, 0.2) is 48.5 Å². The van der Waals surface area contributed by atoms with Gasteiger partial charge in [0.05, 0.1) is 5.56 Å². The van der Waals surface area contributed by atoms with Gasteiger partial charge in [-0.1, -0.05) is 12.1 Å². The van der Waals surface area contributed by atoms with E-state index >= 15 is 0 Å². The van der Waals surface area contributed by atoms with Gasteiger partial charge in [-0.15, -0.1) is 0 Å². The number of carbonyl (C=O) groups is 4. The molecule has 2 rings (SSSR count). The Morgan fingerprint density at radius 2 is 1.63 bits per heavy atom. The lowest BCUT2D eigenvalue weighted by atomic mass is 10.1. The fourth-order valence-corrected chi connectivity index (χ4v) is 2.15. The van der Waals surface area contributed by atoms with Gasteiger partial charge < -0.3 is 20.5 Å². The van der Waals surface area contributed by atoms with Crippen LogP contribution < -0.4 is 15.8 Å². The van der Waals surface area contributed by atoms with E-state index in [0.717, 1.165) is 0 Å². The molecule has 0 aromatic heterocycles. The van der Waals surface area contributed by atoms with E-state index < -0.39 is 30.9 Å². The number of nitrogens with two attached hydrogens (primary N) is 1. The van der Waals surface area contributed by atoms with Crippen LogP contribution in [0.25, 0.3) is 0 Å². The van der Waals surface area contributed by atoms with Gasteiger partial charge in [-0.2, -0.15) is 0 Å². The Morgan fingerprint density at radius 3 is 2.26 bits per heavy atom. The molecule has 140 valence electrons. The van der Waals surface area contributed by atoms with E-state index in [9.17, 15) is 19.2 Å². The molecule has 2 amide bonds. The fraction of sp³-hybridized carbons (Fsp3) is 0.158. The van der Waals surface area contributed by atoms with Crippen LogP contribution in [0.3, 0.4) is 0 Å². The number of Topliss-reactive ketones (excluding diaryl/α,β-unsaturated/α-hetero) is 1. The molecule has 0 bridgehead atoms. The third-order valence-corrected chi connectivity index (χ3v) is 3.39. The Bertz CT molecular complexity index is 861. The van der Waals surface area contributed by atoms with Crippen molar-refractivity contribution in [2.24, 2.45) is 5.73 Å². The first-order valence-corrected chi connectivity index (χ1v) is 7.95. The SMILES string of the molecule is CC(=O)Nc1ccc(C(=O)COC(=O)COc2ccccc2C(N)=O)cc1. The lowest BCUT2D eigenvalue weighted by Gasteiger charge is -2.09. The van der Waals surface area contributed by atoms with E-state index in [-0.39, 0.29) is 17.2 Å². The van der Waals surface area contributed by atoms with Crippen molar-refractivity contribution in [3.8, 4) is 5.75 Å². The maximum atomic E-state index is 12.0. The van der Waals surface area contributed by atoms with Crippen LogP contribution >= 0.6 is 0 Å². The molecule has 0 saturated heterocycles. The van der Waals surface area contributed by atoms with Crippen molar-refractivity contribution in [3.05, 3.63) is 59.7 Å². The molecule has 0 atom stereocenters. The number of para-hydroxylation sites is 1. The summed E-state index contributed by atoms with van der Waals surface area (Å²) in [5.74, 6) is -1.92. The largest absolute Gasteiger partial charge is 0.481 e. The second-order valence-electron chi connectivity index (χ2n) is 5.49. The molecule has 0 aliphatic rings. The maximum absolute atomic E-state index is 12.0. The third kappa shape index (κ3) is 5.96. The number of carbonyl (C=O) groups excluding carboxylic acids is 4. The molecule has 3 N–H and O–H groups in total. The molecule has 2 aromatic rings. The first-order valence-electron chi connectivity index (χ1n) is 7.95. The van der Waals surface area contributed by atoms with Crippen LogP contribution in [-0.2, 0) is 14.3 Å². The zero-order chi connectivity index (χ0) is 19.8. The summed E-state index contributed by atoms with van der Waals surface area (Å²) < 4.78 is 10.1. The van der Waals surface area contributed by atoms with Crippen LogP contribution in [0.4, 0.5) is 5.69 Å². The number of esters is 1. The molecule has 0 unspecified atom stereocenters. The summed E-state index contributed by atoms with van der Waals surface area (Å²) in [6.45, 7) is 0.445. The molecule has 0 fully saturated rings. The quantitative estimate of drug-likeness (QED) is 0.536. The average Bonchev–Trinajstić information content (AvgIpc) is 2.64. The summed E-state index contributed by atoms with van der Waals surface area (Å²) in [7, 11) is 0.